The standard InChI is InChI=1S/C14H9F3N2O/c15-14(16,17)11-4-2-1-3-10(11)12-9(5-7-18)6-8-19-13(12)20/h1-4,6,8H,5H2,(H,19,20). The van der Waals surface area contributed by atoms with E-state index in [0.717, 1.165) is 6.07 Å². The van der Waals surface area contributed by atoms with Gasteiger partial charge in [0.15, 0.2) is 0 Å². The van der Waals surface area contributed by atoms with Crippen molar-refractivity contribution in [3.63, 3.8) is 0 Å². The second kappa shape index (κ2) is 5.21. The monoisotopic (exact) mass is 278 g/mol. The van der Waals surface area contributed by atoms with Crippen molar-refractivity contribution in [2.75, 3.05) is 0 Å². The van der Waals surface area contributed by atoms with Gasteiger partial charge in [0.05, 0.1) is 23.6 Å². The largest absolute Gasteiger partial charge is 0.417 e. The van der Waals surface area contributed by atoms with Crippen LogP contribution in [-0.4, -0.2) is 4.98 Å². The van der Waals surface area contributed by atoms with Crippen LogP contribution in [0.25, 0.3) is 11.1 Å². The molecule has 0 radical (unpaired) electrons. The Morgan fingerprint density at radius 3 is 2.55 bits per heavy atom. The van der Waals surface area contributed by atoms with E-state index in [1.807, 2.05) is 6.07 Å². The summed E-state index contributed by atoms with van der Waals surface area (Å²) in [5, 5.41) is 8.73. The number of H-pyrrole nitrogens is 1. The van der Waals surface area contributed by atoms with E-state index in [1.165, 1.54) is 30.5 Å². The highest BCUT2D eigenvalue weighted by atomic mass is 19.4. The average Bonchev–Trinajstić information content (AvgIpc) is 2.38. The van der Waals surface area contributed by atoms with Crippen molar-refractivity contribution >= 4 is 0 Å². The number of nitriles is 1. The van der Waals surface area contributed by atoms with Gasteiger partial charge in [-0.1, -0.05) is 18.2 Å². The van der Waals surface area contributed by atoms with Crippen molar-refractivity contribution < 1.29 is 13.2 Å². The van der Waals surface area contributed by atoms with Gasteiger partial charge in [-0.25, -0.2) is 0 Å². The van der Waals surface area contributed by atoms with Crippen LogP contribution in [0, 0.1) is 11.3 Å². The summed E-state index contributed by atoms with van der Waals surface area (Å²) in [5.74, 6) is 0. The number of alkyl halides is 3. The molecule has 1 aromatic heterocycles. The Bertz CT molecular complexity index is 726. The number of aromatic nitrogens is 1. The first kappa shape index (κ1) is 13.9. The smallest absolute Gasteiger partial charge is 0.329 e. The number of rotatable bonds is 2. The predicted octanol–water partition coefficient (Wildman–Crippen LogP) is 3.13. The maximum absolute atomic E-state index is 13.0. The third-order valence-electron chi connectivity index (χ3n) is 2.82. The molecule has 6 heteroatoms. The lowest BCUT2D eigenvalue weighted by Gasteiger charge is -2.13. The number of hydrogen-bond donors (Lipinski definition) is 1. The van der Waals surface area contributed by atoms with E-state index >= 15 is 0 Å². The quantitative estimate of drug-likeness (QED) is 0.917. The van der Waals surface area contributed by atoms with E-state index in [-0.39, 0.29) is 23.1 Å². The second-order valence-electron chi connectivity index (χ2n) is 4.09. The summed E-state index contributed by atoms with van der Waals surface area (Å²) in [6, 6.07) is 8.11. The predicted molar refractivity (Wildman–Crippen MR) is 66.8 cm³/mol. The van der Waals surface area contributed by atoms with Crippen LogP contribution in [0.2, 0.25) is 0 Å². The number of hydrogen-bond acceptors (Lipinski definition) is 2. The van der Waals surface area contributed by atoms with E-state index in [9.17, 15) is 18.0 Å². The molecule has 2 aromatic rings. The Labute approximate surface area is 112 Å². The molecule has 3 nitrogen and oxygen atoms in total. The fourth-order valence-corrected chi connectivity index (χ4v) is 2.00. The molecule has 0 bridgehead atoms. The molecule has 0 unspecified atom stereocenters. The van der Waals surface area contributed by atoms with E-state index < -0.39 is 17.3 Å². The minimum absolute atomic E-state index is 0.109. The summed E-state index contributed by atoms with van der Waals surface area (Å²) in [4.78, 5) is 14.2. The third-order valence-corrected chi connectivity index (χ3v) is 2.82. The first-order valence-electron chi connectivity index (χ1n) is 5.69. The van der Waals surface area contributed by atoms with Gasteiger partial charge in [-0.05, 0) is 23.3 Å². The third kappa shape index (κ3) is 2.57. The Hall–Kier alpha value is -2.55. The highest BCUT2D eigenvalue weighted by Gasteiger charge is 2.34. The zero-order chi connectivity index (χ0) is 14.8. The van der Waals surface area contributed by atoms with Gasteiger partial charge in [0.25, 0.3) is 5.56 Å². The Morgan fingerprint density at radius 2 is 1.90 bits per heavy atom. The highest BCUT2D eigenvalue weighted by Crippen LogP contribution is 2.36. The molecule has 20 heavy (non-hydrogen) atoms. The van der Waals surface area contributed by atoms with Gasteiger partial charge in [0, 0.05) is 6.20 Å². The molecule has 0 fully saturated rings. The molecule has 0 aliphatic rings. The molecule has 102 valence electrons. The molecule has 0 aliphatic heterocycles. The van der Waals surface area contributed by atoms with Gasteiger partial charge in [-0.15, -0.1) is 0 Å². The van der Waals surface area contributed by atoms with Crippen LogP contribution in [0.3, 0.4) is 0 Å². The topological polar surface area (TPSA) is 56.6 Å². The lowest BCUT2D eigenvalue weighted by atomic mass is 9.95. The minimum atomic E-state index is -4.57. The van der Waals surface area contributed by atoms with Crippen molar-refractivity contribution in [3.8, 4) is 17.2 Å². The zero-order valence-corrected chi connectivity index (χ0v) is 10.2. The Kier molecular flexibility index (Phi) is 3.61. The van der Waals surface area contributed by atoms with Crippen LogP contribution in [0.4, 0.5) is 13.2 Å². The minimum Gasteiger partial charge on any atom is -0.329 e. The molecule has 1 N–H and O–H groups in total. The number of benzene rings is 1. The van der Waals surface area contributed by atoms with Gasteiger partial charge >= 0.3 is 6.18 Å². The molecule has 0 aliphatic carbocycles. The van der Waals surface area contributed by atoms with Crippen molar-refractivity contribution in [2.45, 2.75) is 12.6 Å². The van der Waals surface area contributed by atoms with Crippen LogP contribution in [-0.2, 0) is 12.6 Å². The summed E-state index contributed by atoms with van der Waals surface area (Å²) >= 11 is 0. The normalized spacial score (nSPS) is 11.1. The lowest BCUT2D eigenvalue weighted by molar-refractivity contribution is -0.137. The van der Waals surface area contributed by atoms with Crippen LogP contribution in [0.1, 0.15) is 11.1 Å². The fraction of sp³-hybridized carbons (Fsp3) is 0.143. The van der Waals surface area contributed by atoms with Crippen LogP contribution in [0.15, 0.2) is 41.3 Å². The van der Waals surface area contributed by atoms with E-state index in [0.29, 0.717) is 0 Å². The van der Waals surface area contributed by atoms with Gasteiger partial charge in [0.2, 0.25) is 0 Å². The first-order valence-corrected chi connectivity index (χ1v) is 5.69. The average molecular weight is 278 g/mol. The van der Waals surface area contributed by atoms with E-state index in [1.54, 1.807) is 0 Å². The van der Waals surface area contributed by atoms with Crippen LogP contribution >= 0.6 is 0 Å². The van der Waals surface area contributed by atoms with Crippen molar-refractivity contribution in [3.05, 3.63) is 58.0 Å². The summed E-state index contributed by atoms with van der Waals surface area (Å²) in [5.41, 5.74) is -1.59. The van der Waals surface area contributed by atoms with Crippen LogP contribution < -0.4 is 5.56 Å². The molecule has 0 spiro atoms. The summed E-state index contributed by atoms with van der Waals surface area (Å²) in [7, 11) is 0. The van der Waals surface area contributed by atoms with Gasteiger partial charge in [0.1, 0.15) is 0 Å². The number of aromatic amines is 1. The van der Waals surface area contributed by atoms with Gasteiger partial charge in [-0.2, -0.15) is 18.4 Å². The molecule has 1 aromatic carbocycles. The van der Waals surface area contributed by atoms with Crippen molar-refractivity contribution in [1.82, 2.24) is 4.98 Å². The van der Waals surface area contributed by atoms with Crippen LogP contribution in [0.5, 0.6) is 0 Å². The van der Waals surface area contributed by atoms with E-state index in [2.05, 4.69) is 4.98 Å². The maximum Gasteiger partial charge on any atom is 0.417 e. The van der Waals surface area contributed by atoms with Crippen molar-refractivity contribution in [2.24, 2.45) is 0 Å². The molecular weight excluding hydrogens is 269 g/mol. The lowest BCUT2D eigenvalue weighted by Crippen LogP contribution is -2.15. The van der Waals surface area contributed by atoms with Gasteiger partial charge < -0.3 is 4.98 Å². The molecule has 2 rings (SSSR count). The molecule has 0 amide bonds. The number of nitrogens with zero attached hydrogens (tertiary/aromatic N) is 1. The highest BCUT2D eigenvalue weighted by molar-refractivity contribution is 5.70. The Morgan fingerprint density at radius 1 is 1.20 bits per heavy atom. The SMILES string of the molecule is N#CCc1cc[nH]c(=O)c1-c1ccccc1C(F)(F)F. The number of pyridine rings is 1. The molecular formula is C14H9F3N2O. The summed E-state index contributed by atoms with van der Waals surface area (Å²) in [6.07, 6.45) is -3.39. The summed E-state index contributed by atoms with van der Waals surface area (Å²) in [6.45, 7) is 0. The second-order valence-corrected chi connectivity index (χ2v) is 4.09. The first-order chi connectivity index (χ1) is 9.45. The number of nitrogens with one attached hydrogen (secondary N) is 1. The van der Waals surface area contributed by atoms with Gasteiger partial charge in [-0.3, -0.25) is 4.79 Å². The summed E-state index contributed by atoms with van der Waals surface area (Å²) < 4.78 is 39.0. The maximum atomic E-state index is 13.0. The fourth-order valence-electron chi connectivity index (χ4n) is 2.00. The molecule has 1 heterocycles. The number of halogens is 3. The molecule has 0 saturated carbocycles. The van der Waals surface area contributed by atoms with Crippen molar-refractivity contribution in [1.29, 1.82) is 5.26 Å². The molecule has 0 saturated heterocycles. The molecule has 0 atom stereocenters. The van der Waals surface area contributed by atoms with E-state index in [4.69, 9.17) is 5.26 Å². The zero-order valence-electron chi connectivity index (χ0n) is 10.2. The Balaban J connectivity index is 2.77.